The number of hydrogen-bond donors (Lipinski definition) is 0. The maximum Gasteiger partial charge on any atom is 0.183 e. The van der Waals surface area contributed by atoms with Gasteiger partial charge in [0.25, 0.3) is 0 Å². The molecule has 0 amide bonds. The van der Waals surface area contributed by atoms with Crippen molar-refractivity contribution in [1.82, 2.24) is 39.9 Å². The van der Waals surface area contributed by atoms with Gasteiger partial charge in [0.1, 0.15) is 0 Å². The molecule has 0 fully saturated rings. The molecule has 0 saturated carbocycles. The van der Waals surface area contributed by atoms with Crippen LogP contribution in [0.3, 0.4) is 0 Å². The molecule has 0 aliphatic carbocycles. The van der Waals surface area contributed by atoms with E-state index in [2.05, 4.69) is 420 Å². The first kappa shape index (κ1) is 94.6. The van der Waals surface area contributed by atoms with Crippen LogP contribution in [-0.4, -0.2) is 39.9 Å². The predicted molar refractivity (Wildman–Crippen MR) is 598 cm³/mol. The zero-order valence-electron chi connectivity index (χ0n) is 88.1. The third kappa shape index (κ3) is 16.4. The lowest BCUT2D eigenvalue weighted by molar-refractivity contribution is 0.482. The zero-order valence-corrected chi connectivity index (χ0v) is 88.1. The molecule has 4 aliphatic heterocycles. The summed E-state index contributed by atoms with van der Waals surface area (Å²) < 4.78 is 27.0. The molecule has 0 unspecified atom stereocenters. The number of benzene rings is 12. The molecule has 0 saturated heterocycles. The minimum atomic E-state index is 0.0605. The molecule has 144 heavy (non-hydrogen) atoms. The van der Waals surface area contributed by atoms with Gasteiger partial charge >= 0.3 is 0 Å². The van der Waals surface area contributed by atoms with Crippen LogP contribution in [-0.2, 0) is 21.7 Å². The van der Waals surface area contributed by atoms with Crippen LogP contribution in [0.15, 0.2) is 243 Å². The van der Waals surface area contributed by atoms with E-state index in [9.17, 15) is 0 Å². The van der Waals surface area contributed by atoms with Crippen LogP contribution in [0.1, 0.15) is 195 Å². The maximum absolute atomic E-state index is 6.76. The minimum Gasteiger partial charge on any atom is -0.448 e. The average molecular weight is 1890 g/mol. The Morgan fingerprint density at radius 2 is 0.417 bits per heavy atom. The Morgan fingerprint density at radius 1 is 0.188 bits per heavy atom. The molecule has 8 aromatic heterocycles. The zero-order chi connectivity index (χ0) is 101. The van der Waals surface area contributed by atoms with Gasteiger partial charge in [-0.05, 0) is 235 Å². The van der Waals surface area contributed by atoms with E-state index >= 15 is 0 Å². The molecule has 4 aliphatic rings. The fraction of sp³-hybridized carbons (Fsp3) is 0.250. The summed E-state index contributed by atoms with van der Waals surface area (Å²) >= 11 is 0. The van der Waals surface area contributed by atoms with Crippen LogP contribution in [0, 0.1) is 111 Å². The fourth-order valence-corrected chi connectivity index (χ4v) is 21.4. The molecular weight excluding hydrogens is 1770 g/mol. The normalized spacial score (nSPS) is 13.0. The van der Waals surface area contributed by atoms with Gasteiger partial charge in [-0.1, -0.05) is 287 Å². The second-order valence-electron chi connectivity index (χ2n) is 44.3. The highest BCUT2D eigenvalue weighted by molar-refractivity contribution is 6.09. The van der Waals surface area contributed by atoms with Crippen molar-refractivity contribution in [2.75, 3.05) is 19.6 Å². The standard InChI is InChI=1S/4C32H31N3O/c1-18-8-10-25-22(12-18)16-33-30-28(25)36-29-26-11-9-19(2)13-23(26)17-34-31(29)35(30)27-20(3)14-24(15-21(27)4)32(5,6)7;1-18-8-10-22-16-33-30-28(25(22)12-18)36-29-26-13-19(2)9-11-23(26)17-34-31(29)35(30)27-20(3)14-24(15-21(27)4)32(5,6)7;1-18-10-8-12-23-25(18)16-33-30-28(23)36-29-24-13-9-11-19(2)26(24)17-34-31(29)35(30)27-20(3)14-22(15-21(27)4)32(5,6)7;1-18-16-22(32(5,6)7)17-19(2)27(18)35-30-28(25-14-10-8-12-23(25)20(3)33-30)36-29-26-15-11-9-13-24(26)21(4)34-31(29)35/h4*8-17H,1-7H3. The summed E-state index contributed by atoms with van der Waals surface area (Å²) in [7, 11) is 0. The van der Waals surface area contributed by atoms with Gasteiger partial charge < -0.3 is 18.9 Å². The summed E-state index contributed by atoms with van der Waals surface area (Å²) in [4.78, 5) is 48.8. The summed E-state index contributed by atoms with van der Waals surface area (Å²) in [6.07, 6.45) is 11.7. The molecule has 0 radical (unpaired) electrons. The first-order valence-corrected chi connectivity index (χ1v) is 50.0. The van der Waals surface area contributed by atoms with Gasteiger partial charge in [-0.15, -0.1) is 0 Å². The van der Waals surface area contributed by atoms with Gasteiger partial charge in [0.15, 0.2) is 92.5 Å². The number of ether oxygens (including phenoxy) is 4. The molecule has 24 rings (SSSR count). The van der Waals surface area contributed by atoms with Gasteiger partial charge in [0.05, 0.1) is 22.7 Å². The number of anilines is 12. The Hall–Kier alpha value is -15.7. The summed E-state index contributed by atoms with van der Waals surface area (Å²) in [5.41, 5.74) is 28.5. The van der Waals surface area contributed by atoms with Gasteiger partial charge in [-0.2, -0.15) is 0 Å². The first-order valence-electron chi connectivity index (χ1n) is 50.0. The molecule has 0 atom stereocenters. The van der Waals surface area contributed by atoms with Crippen molar-refractivity contribution in [3.8, 4) is 46.0 Å². The maximum atomic E-state index is 6.76. The minimum absolute atomic E-state index is 0.0605. The number of aryl methyl sites for hydroxylation is 16. The topological polar surface area (TPSA) is 153 Å². The number of aromatic nitrogens is 8. The molecule has 20 aromatic rings. The average Bonchev–Trinajstić information content (AvgIpc) is 0.727. The highest BCUT2D eigenvalue weighted by Gasteiger charge is 2.41. The van der Waals surface area contributed by atoms with Crippen LogP contribution in [0.25, 0.3) is 86.2 Å². The van der Waals surface area contributed by atoms with Crippen molar-refractivity contribution in [2.24, 2.45) is 0 Å². The monoisotopic (exact) mass is 1890 g/mol. The quantitative estimate of drug-likeness (QED) is 0.164. The molecule has 0 bridgehead atoms. The van der Waals surface area contributed by atoms with Gasteiger partial charge in [-0.25, -0.2) is 39.9 Å². The van der Waals surface area contributed by atoms with Crippen LogP contribution < -0.4 is 38.5 Å². The van der Waals surface area contributed by atoms with E-state index in [0.717, 1.165) is 213 Å². The van der Waals surface area contributed by atoms with Crippen molar-refractivity contribution in [3.05, 3.63) is 355 Å². The van der Waals surface area contributed by atoms with Gasteiger partial charge in [0.2, 0.25) is 0 Å². The van der Waals surface area contributed by atoms with Gasteiger partial charge in [-0.3, -0.25) is 19.6 Å². The van der Waals surface area contributed by atoms with E-state index < -0.39 is 0 Å². The van der Waals surface area contributed by atoms with Crippen molar-refractivity contribution < 1.29 is 18.9 Å². The molecule has 720 valence electrons. The molecule has 0 N–H and O–H groups in total. The molecule has 12 heterocycles. The second-order valence-corrected chi connectivity index (χ2v) is 44.3. The highest BCUT2D eigenvalue weighted by atomic mass is 16.5. The second kappa shape index (κ2) is 35.2. The van der Waals surface area contributed by atoms with E-state index in [-0.39, 0.29) is 21.7 Å². The van der Waals surface area contributed by atoms with Crippen molar-refractivity contribution >= 4 is 155 Å². The number of rotatable bonds is 4. The van der Waals surface area contributed by atoms with Crippen LogP contribution in [0.2, 0.25) is 0 Å². The SMILES string of the molecule is Cc1cc(C(C)(C)C)cc(C)c1N1c2nc(C)c3ccccc3c2Oc2c1nc(C)c1ccccc21.Cc1cc(C(C)(C)C)cc(C)c1N1c2ncc3c(C)cccc3c2Oc2c1ncc1c(C)cccc21.Cc1ccc2c3c(ncc2c1)N(c1c(C)cc(C(C)(C)C)cc1C)c1ncc2cc(C)ccc2c1O3.Cc1ccc2cnc3c(c2c1)Oc1c(ncc2ccc(C)cc12)N3c1c(C)cc(C(C)(C)C)cc1C. The van der Waals surface area contributed by atoms with E-state index in [1.807, 2.05) is 37.2 Å². The van der Waals surface area contributed by atoms with Crippen molar-refractivity contribution in [2.45, 2.75) is 216 Å². The van der Waals surface area contributed by atoms with E-state index in [0.29, 0.717) is 0 Å². The predicted octanol–water partition coefficient (Wildman–Crippen LogP) is 35.6. The smallest absolute Gasteiger partial charge is 0.183 e. The van der Waals surface area contributed by atoms with Crippen molar-refractivity contribution in [3.63, 3.8) is 0 Å². The third-order valence-electron chi connectivity index (χ3n) is 29.0. The van der Waals surface area contributed by atoms with Crippen LogP contribution in [0.4, 0.5) is 69.3 Å². The molecule has 0 spiro atoms. The number of hydrogen-bond acceptors (Lipinski definition) is 16. The Kier molecular flexibility index (Phi) is 23.1. The molecule has 16 heteroatoms. The summed E-state index contributed by atoms with van der Waals surface area (Å²) in [6.45, 7) is 61.3. The van der Waals surface area contributed by atoms with E-state index in [4.69, 9.17) is 58.8 Å². The fourth-order valence-electron chi connectivity index (χ4n) is 21.4. The van der Waals surface area contributed by atoms with Gasteiger partial charge in [0, 0.05) is 135 Å². The third-order valence-corrected chi connectivity index (χ3v) is 29.0. The summed E-state index contributed by atoms with van der Waals surface area (Å²) in [5.74, 6) is 12.4. The van der Waals surface area contributed by atoms with Crippen LogP contribution >= 0.6 is 0 Å². The Bertz CT molecular complexity index is 8200. The lowest BCUT2D eigenvalue weighted by Gasteiger charge is -2.35. The Morgan fingerprint density at radius 3 is 0.715 bits per heavy atom. The summed E-state index contributed by atoms with van der Waals surface area (Å²) in [6, 6.07) is 73.4. The van der Waals surface area contributed by atoms with Crippen molar-refractivity contribution in [1.29, 1.82) is 0 Å². The Labute approximate surface area is 844 Å². The number of pyridine rings is 8. The van der Waals surface area contributed by atoms with E-state index in [1.54, 1.807) is 0 Å². The molecule has 16 nitrogen and oxygen atoms in total. The first-order chi connectivity index (χ1) is 68.5. The molecular formula is C128H124N12O4. The lowest BCUT2D eigenvalue weighted by Crippen LogP contribution is -2.22. The Balaban J connectivity index is 0.000000113. The number of fused-ring (bicyclic) bond motifs is 24. The summed E-state index contributed by atoms with van der Waals surface area (Å²) in [5, 5.41) is 17.1. The highest BCUT2D eigenvalue weighted by Crippen LogP contribution is 2.61. The largest absolute Gasteiger partial charge is 0.448 e. The van der Waals surface area contributed by atoms with Crippen LogP contribution in [0.5, 0.6) is 46.0 Å². The molecule has 12 aromatic carbocycles. The lowest BCUT2D eigenvalue weighted by atomic mass is 9.84. The number of nitrogens with zero attached hydrogens (tertiary/aromatic N) is 12. The van der Waals surface area contributed by atoms with E-state index in [1.165, 1.54) is 100 Å².